The van der Waals surface area contributed by atoms with Gasteiger partial charge in [-0.15, -0.1) is 0 Å². The van der Waals surface area contributed by atoms with Crippen molar-refractivity contribution in [3.8, 4) is 51.7 Å². The maximum Gasteiger partial charge on any atom is 1.00 e. The largest absolute Gasteiger partial charge is 1.00 e. The van der Waals surface area contributed by atoms with Gasteiger partial charge in [0.15, 0.2) is 51.7 Å². The Hall–Kier alpha value is -10.1. The van der Waals surface area contributed by atoms with E-state index in [2.05, 4.69) is 72.5 Å². The van der Waals surface area contributed by atoms with E-state index in [0.29, 0.717) is 55.1 Å². The Bertz CT molecular complexity index is 6360. The van der Waals surface area contributed by atoms with Crippen LogP contribution in [0.1, 0.15) is 27.2 Å². The summed E-state index contributed by atoms with van der Waals surface area (Å²) in [5.74, 6) is -0.286. The molecule has 0 radical (unpaired) electrons. The van der Waals surface area contributed by atoms with Crippen LogP contribution >= 0.6 is 109 Å². The van der Waals surface area contributed by atoms with E-state index in [-0.39, 0.29) is 174 Å². The summed E-state index contributed by atoms with van der Waals surface area (Å²) in [6.45, 7) is 14.6. The van der Waals surface area contributed by atoms with Gasteiger partial charge in [-0.25, -0.2) is 25.3 Å². The summed E-state index contributed by atoms with van der Waals surface area (Å²) < 4.78 is 141. The molecule has 0 aliphatic heterocycles. The van der Waals surface area contributed by atoms with E-state index in [1.54, 1.807) is 66.7 Å². The van der Waals surface area contributed by atoms with Crippen LogP contribution in [0.15, 0.2) is 178 Å². The monoisotopic (exact) mass is 1880 g/mol. The third-order valence-corrected chi connectivity index (χ3v) is 22.1. The van der Waals surface area contributed by atoms with Crippen molar-refractivity contribution < 1.29 is 122 Å². The van der Waals surface area contributed by atoms with Crippen molar-refractivity contribution in [3.63, 3.8) is 0 Å². The van der Waals surface area contributed by atoms with E-state index in [4.69, 9.17) is 131 Å². The number of amides is 1. The first-order valence-corrected chi connectivity index (χ1v) is 43.5. The molecular weight excluding hydrogens is 1820 g/mol. The molecule has 1 amide bonds. The first-order valence-electron chi connectivity index (χ1n) is 32.3. The molecule has 9 aromatic carbocycles. The maximum absolute atomic E-state index is 13.4. The van der Waals surface area contributed by atoms with Crippen LogP contribution < -0.4 is 67.2 Å². The van der Waals surface area contributed by atoms with Crippen molar-refractivity contribution in [2.45, 2.75) is 33.9 Å². The molecule has 0 bridgehead atoms. The quantitative estimate of drug-likeness (QED) is 0.0114. The third-order valence-electron chi connectivity index (χ3n) is 15.9. The summed E-state index contributed by atoms with van der Waals surface area (Å²) in [6, 6.07) is 40.2. The number of fused-ring (bicyclic) bond motifs is 3. The number of nitrogens with one attached hydrogen (secondary N) is 6. The molecule has 12 aromatic rings. The van der Waals surface area contributed by atoms with Gasteiger partial charge in [0.05, 0.1) is 69.9 Å². The van der Waals surface area contributed by atoms with Crippen molar-refractivity contribution in [1.29, 1.82) is 0 Å². The van der Waals surface area contributed by atoms with Crippen LogP contribution in [-0.4, -0.2) is 116 Å². The fraction of sp³-hybridized carbons (Fsp3) is 0.108. The summed E-state index contributed by atoms with van der Waals surface area (Å²) in [5, 5.41) is 7.52. The standard InChI is InChI=1S/C25H21Cl2N3O7S.C25H19Cl2N3O6S.C24H17Cl2N3O6S.Cl3OP.Li.2H2O/c1-35-21-9-13(10-23(31)36-2)3-6-19(21)37-20-7-5-17-15(12-18(29-17)25(28)32)24(20)30-38(33,34)22-8-4-14(26)11-16(22)27;1-28-23-13-16-18(29-23)6-8-20(25(16)30-37(32,33)22-9-5-15(26)12-17(22)27)36-19-7-4-14(10-21(19)34-2)11-24(31)35-3;1-27-22-12-15-17(28-22)5-7-19(35-18-6-3-13(10-23(30)31)9-20(18)34-2)24(15)29-36(32,33)21-8-4-14(25)11-16(21)26;1-5(2,3)4;;;/h3-9,11-12,29-30H,10H2,1-2H3,(H2,28,32);4-10,12-13,29-30H,11H2,2-3H3;3-9,11-12,28-29H,10H2,2H3,(H,30,31);;;2*1H2/q;;;;+1;;/p-1. The Morgan fingerprint density at radius 3 is 0.992 bits per heavy atom. The molecule has 0 spiro atoms. The molecule has 0 saturated carbocycles. The molecule has 45 heteroatoms. The Labute approximate surface area is 734 Å². The number of methoxy groups -OCH3 is 5. The number of H-pyrrole nitrogens is 3. The molecular formula is C74H60Cl9LiN9O22PS3. The Morgan fingerprint density at radius 2 is 0.723 bits per heavy atom. The topological polar surface area (TPSA) is 462 Å². The first kappa shape index (κ1) is 97.7. The number of hydrogen-bond donors (Lipinski definition) is 8. The van der Waals surface area contributed by atoms with E-state index >= 15 is 0 Å². The number of rotatable bonds is 25. The number of sulfonamides is 3. The average molecular weight is 1880 g/mol. The van der Waals surface area contributed by atoms with Crippen molar-refractivity contribution in [2.24, 2.45) is 5.73 Å². The van der Waals surface area contributed by atoms with Gasteiger partial charge in [-0.1, -0.05) is 101 Å². The SMILES string of the molecule is COC(=O)Cc1ccc(Oc2ccc3[nH]c(C(N)=O)cc3c2NS(=O)(=O)c2ccc(Cl)cc2Cl)c(OC)c1.O.O=P(Cl)(Cl)Cl.[C-]#[N+]c1cc2c(NS(=O)(=O)c3ccc(Cl)cc3Cl)c(Oc3ccc(CC(=O)O)cc3OC)ccc2[nH]1.[C-]#[N+]c1cc2c(NS(=O)(=O)c3ccc(Cl)cc3Cl)c(Oc3ccc(CC(=O)OC)cc3OC)ccc2[nH]1.[Li+].[OH-]. The van der Waals surface area contributed by atoms with Crippen LogP contribution in [0.2, 0.25) is 30.1 Å². The normalized spacial score (nSPS) is 10.9. The van der Waals surface area contributed by atoms with Gasteiger partial charge in [0.2, 0.25) is 11.6 Å². The van der Waals surface area contributed by atoms with Gasteiger partial charge in [0.25, 0.3) is 36.0 Å². The second-order valence-electron chi connectivity index (χ2n) is 23.6. The zero-order chi connectivity index (χ0) is 84.9. The number of aromatic nitrogens is 3. The molecule has 3 heterocycles. The number of carbonyl (C=O) groups excluding carboxylic acids is 3. The van der Waals surface area contributed by atoms with E-state index in [0.717, 1.165) is 0 Å². The van der Waals surface area contributed by atoms with Gasteiger partial charge in [-0.3, -0.25) is 37.9 Å². The summed E-state index contributed by atoms with van der Waals surface area (Å²) in [7, 11) is -5.81. The number of anilines is 3. The number of carboxylic acid groups (broad SMARTS) is 1. The number of aliphatic carboxylic acids is 1. The van der Waals surface area contributed by atoms with Gasteiger partial charge < -0.3 is 84.3 Å². The molecule has 119 heavy (non-hydrogen) atoms. The second-order valence-corrected chi connectivity index (χ2v) is 37.7. The maximum atomic E-state index is 13.4. The zero-order valence-electron chi connectivity index (χ0n) is 61.9. The summed E-state index contributed by atoms with van der Waals surface area (Å²) in [6.07, 6.45) is -0.155. The Kier molecular flexibility index (Phi) is 34.6. The van der Waals surface area contributed by atoms with E-state index < -0.39 is 59.1 Å². The zero-order valence-corrected chi connectivity index (χ0v) is 72.1. The Morgan fingerprint density at radius 1 is 0.437 bits per heavy atom. The number of benzene rings is 9. The minimum absolute atomic E-state index is 0. The number of esters is 2. The number of ether oxygens (including phenoxy) is 8. The minimum Gasteiger partial charge on any atom is -0.870 e. The van der Waals surface area contributed by atoms with Crippen molar-refractivity contribution in [1.82, 2.24) is 15.0 Å². The van der Waals surface area contributed by atoms with Crippen molar-refractivity contribution in [2.75, 3.05) is 49.7 Å². The summed E-state index contributed by atoms with van der Waals surface area (Å²) in [5.41, 5.74) is 8.81. The molecule has 620 valence electrons. The van der Waals surface area contributed by atoms with Gasteiger partial charge in [0.1, 0.15) is 48.5 Å². The molecule has 0 saturated heterocycles. The van der Waals surface area contributed by atoms with Gasteiger partial charge in [-0.05, 0) is 196 Å². The number of hydrogen-bond acceptors (Lipinski definition) is 20. The van der Waals surface area contributed by atoms with Crippen molar-refractivity contribution in [3.05, 3.63) is 239 Å². The minimum atomic E-state index is -4.25. The Balaban J connectivity index is 0.000000266. The van der Waals surface area contributed by atoms with Crippen LogP contribution in [0.25, 0.3) is 42.4 Å². The molecule has 0 fully saturated rings. The molecule has 31 nitrogen and oxygen atoms in total. The predicted octanol–water partition coefficient (Wildman–Crippen LogP) is 16.3. The number of nitrogens with zero attached hydrogens (tertiary/aromatic N) is 2. The molecule has 0 atom stereocenters. The fourth-order valence-corrected chi connectivity index (χ4v) is 16.3. The third kappa shape index (κ3) is 25.5. The number of halogens is 9. The summed E-state index contributed by atoms with van der Waals surface area (Å²) in [4.78, 5) is 61.0. The van der Waals surface area contributed by atoms with E-state index in [1.165, 1.54) is 133 Å². The van der Waals surface area contributed by atoms with Gasteiger partial charge in [0, 0.05) is 36.7 Å². The molecule has 0 aliphatic carbocycles. The van der Waals surface area contributed by atoms with Crippen molar-refractivity contribution >= 4 is 224 Å². The number of carboxylic acids is 1. The van der Waals surface area contributed by atoms with Crippen LogP contribution in [0, 0.1) is 13.1 Å². The van der Waals surface area contributed by atoms with Crippen LogP contribution in [-0.2, 0) is 77.8 Å². The molecule has 0 unspecified atom stereocenters. The predicted molar refractivity (Wildman–Crippen MR) is 450 cm³/mol. The van der Waals surface area contributed by atoms with E-state index in [1.807, 2.05) is 0 Å². The molecule has 12 rings (SSSR count). The number of aromatic amines is 3. The molecule has 0 aliphatic rings. The number of nitrogens with two attached hydrogens (primary N) is 1. The average Bonchev–Trinajstić information content (AvgIpc) is 1.68. The summed E-state index contributed by atoms with van der Waals surface area (Å²) >= 11 is 50.1. The smallest absolute Gasteiger partial charge is 0.870 e. The molecule has 3 aromatic heterocycles. The molecule has 12 N–H and O–H groups in total. The first-order chi connectivity index (χ1) is 54.8. The van der Waals surface area contributed by atoms with Crippen LogP contribution in [0.4, 0.5) is 28.7 Å². The van der Waals surface area contributed by atoms with E-state index in [9.17, 15) is 49.0 Å². The number of carbonyl (C=O) groups is 4. The van der Waals surface area contributed by atoms with Gasteiger partial charge >= 0.3 is 42.0 Å². The van der Waals surface area contributed by atoms with Gasteiger partial charge in [-0.2, -0.15) is 0 Å². The second kappa shape index (κ2) is 42.2. The fourth-order valence-electron chi connectivity index (χ4n) is 10.7. The van der Waals surface area contributed by atoms with Crippen LogP contribution in [0.3, 0.4) is 0 Å². The van der Waals surface area contributed by atoms with Crippen LogP contribution in [0.5, 0.6) is 51.7 Å². The number of primary amides is 1.